The fraction of sp³-hybridized carbons (Fsp3) is 0.316. The molecule has 0 unspecified atom stereocenters. The first-order valence-corrected chi connectivity index (χ1v) is 9.02. The fourth-order valence-electron chi connectivity index (χ4n) is 3.25. The molecule has 0 spiro atoms. The van der Waals surface area contributed by atoms with Crippen molar-refractivity contribution in [2.75, 3.05) is 6.54 Å². The number of aromatic nitrogens is 5. The predicted molar refractivity (Wildman–Crippen MR) is 98.7 cm³/mol. The summed E-state index contributed by atoms with van der Waals surface area (Å²) in [6.45, 7) is 4.52. The van der Waals surface area contributed by atoms with Crippen LogP contribution in [0.1, 0.15) is 47.5 Å². The van der Waals surface area contributed by atoms with Crippen molar-refractivity contribution in [3.8, 4) is 5.69 Å². The Bertz CT molecular complexity index is 1100. The summed E-state index contributed by atoms with van der Waals surface area (Å²) in [5.74, 6) is -0.343. The summed E-state index contributed by atoms with van der Waals surface area (Å²) in [6, 6.07) is 7.69. The Labute approximate surface area is 160 Å². The number of hydrogen-bond acceptors (Lipinski definition) is 5. The average Bonchev–Trinajstić information content (AvgIpc) is 3.12. The smallest absolute Gasteiger partial charge is 0.293 e. The molecule has 1 aromatic carbocycles. The van der Waals surface area contributed by atoms with E-state index in [2.05, 4.69) is 20.3 Å². The lowest BCUT2D eigenvalue weighted by atomic mass is 10.1. The zero-order chi connectivity index (χ0) is 19.8. The molecule has 2 aromatic heterocycles. The van der Waals surface area contributed by atoms with E-state index in [9.17, 15) is 14.0 Å². The lowest BCUT2D eigenvalue weighted by molar-refractivity contribution is 0.0720. The van der Waals surface area contributed by atoms with Crippen LogP contribution in [0.4, 0.5) is 4.39 Å². The van der Waals surface area contributed by atoms with Gasteiger partial charge in [-0.25, -0.2) is 19.2 Å². The average molecular weight is 382 g/mol. The zero-order valence-corrected chi connectivity index (χ0v) is 15.5. The van der Waals surface area contributed by atoms with Crippen LogP contribution >= 0.6 is 0 Å². The maximum absolute atomic E-state index is 14.3. The molecule has 144 valence electrons. The number of nitrogens with one attached hydrogen (secondary N) is 1. The molecule has 9 heteroatoms. The van der Waals surface area contributed by atoms with Crippen molar-refractivity contribution < 1.29 is 9.18 Å². The minimum Gasteiger partial charge on any atom is -0.331 e. The largest absolute Gasteiger partial charge is 0.331 e. The number of amides is 1. The summed E-state index contributed by atoms with van der Waals surface area (Å²) in [5.41, 5.74) is 1.42. The Kier molecular flexibility index (Phi) is 4.50. The van der Waals surface area contributed by atoms with Crippen LogP contribution in [-0.2, 0) is 13.0 Å². The summed E-state index contributed by atoms with van der Waals surface area (Å²) in [6.07, 6.45) is 0.531. The van der Waals surface area contributed by atoms with Gasteiger partial charge in [0.25, 0.3) is 11.5 Å². The van der Waals surface area contributed by atoms with Gasteiger partial charge in [0.15, 0.2) is 0 Å². The quantitative estimate of drug-likeness (QED) is 0.745. The molecule has 0 aliphatic carbocycles. The van der Waals surface area contributed by atoms with Crippen LogP contribution in [0.5, 0.6) is 0 Å². The fourth-order valence-corrected chi connectivity index (χ4v) is 3.25. The Morgan fingerprint density at radius 2 is 2.07 bits per heavy atom. The molecule has 0 saturated carbocycles. The minimum atomic E-state index is -0.439. The second-order valence-electron chi connectivity index (χ2n) is 6.99. The third kappa shape index (κ3) is 3.19. The normalized spacial score (nSPS) is 13.6. The van der Waals surface area contributed by atoms with Gasteiger partial charge in [0.05, 0.1) is 5.69 Å². The number of halogens is 1. The van der Waals surface area contributed by atoms with Gasteiger partial charge in [0, 0.05) is 37.1 Å². The highest BCUT2D eigenvalue weighted by molar-refractivity contribution is 5.90. The lowest BCUT2D eigenvalue weighted by Gasteiger charge is -2.26. The van der Waals surface area contributed by atoms with E-state index in [-0.39, 0.29) is 35.4 Å². The van der Waals surface area contributed by atoms with E-state index in [1.54, 1.807) is 23.1 Å². The predicted octanol–water partition coefficient (Wildman–Crippen LogP) is 1.81. The molecule has 0 radical (unpaired) electrons. The third-order valence-corrected chi connectivity index (χ3v) is 4.66. The molecule has 3 aromatic rings. The van der Waals surface area contributed by atoms with Crippen molar-refractivity contribution in [1.29, 1.82) is 0 Å². The Balaban J connectivity index is 1.68. The molecule has 4 rings (SSSR count). The second kappa shape index (κ2) is 6.99. The lowest BCUT2D eigenvalue weighted by Crippen LogP contribution is -2.37. The molecule has 0 bridgehead atoms. The molecule has 1 amide bonds. The molecule has 1 aliphatic rings. The van der Waals surface area contributed by atoms with Gasteiger partial charge in [-0.3, -0.25) is 9.59 Å². The minimum absolute atomic E-state index is 0.00760. The van der Waals surface area contributed by atoms with E-state index in [4.69, 9.17) is 0 Å². The molecule has 3 heterocycles. The molecule has 0 atom stereocenters. The first-order chi connectivity index (χ1) is 13.4. The molecule has 0 fully saturated rings. The van der Waals surface area contributed by atoms with Crippen molar-refractivity contribution in [2.24, 2.45) is 0 Å². The number of carbonyl (C=O) groups is 1. The first kappa shape index (κ1) is 18.0. The van der Waals surface area contributed by atoms with E-state index in [1.807, 2.05) is 13.8 Å². The molecule has 8 nitrogen and oxygen atoms in total. The Morgan fingerprint density at radius 1 is 1.29 bits per heavy atom. The highest BCUT2D eigenvalue weighted by Gasteiger charge is 2.28. The van der Waals surface area contributed by atoms with Gasteiger partial charge < -0.3 is 4.90 Å². The molecule has 28 heavy (non-hydrogen) atoms. The van der Waals surface area contributed by atoms with Gasteiger partial charge in [-0.15, -0.1) is 5.10 Å². The zero-order valence-electron chi connectivity index (χ0n) is 15.5. The molecule has 1 aliphatic heterocycles. The van der Waals surface area contributed by atoms with Gasteiger partial charge in [-0.05, 0) is 12.1 Å². The van der Waals surface area contributed by atoms with Gasteiger partial charge in [-0.2, -0.15) is 5.10 Å². The highest BCUT2D eigenvalue weighted by Crippen LogP contribution is 2.21. The van der Waals surface area contributed by atoms with Crippen molar-refractivity contribution >= 4 is 5.91 Å². The van der Waals surface area contributed by atoms with Crippen LogP contribution in [0.2, 0.25) is 0 Å². The van der Waals surface area contributed by atoms with E-state index in [0.717, 1.165) is 5.69 Å². The second-order valence-corrected chi connectivity index (χ2v) is 6.99. The van der Waals surface area contributed by atoms with Gasteiger partial charge in [0.2, 0.25) is 5.82 Å². The van der Waals surface area contributed by atoms with Crippen LogP contribution < -0.4 is 5.56 Å². The summed E-state index contributed by atoms with van der Waals surface area (Å²) in [4.78, 5) is 30.5. The number of hydrogen-bond donors (Lipinski definition) is 1. The third-order valence-electron chi connectivity index (χ3n) is 4.66. The summed E-state index contributed by atoms with van der Waals surface area (Å²) >= 11 is 0. The van der Waals surface area contributed by atoms with Gasteiger partial charge in [-0.1, -0.05) is 26.0 Å². The topological polar surface area (TPSA) is 96.8 Å². The van der Waals surface area contributed by atoms with Crippen LogP contribution in [0.15, 0.2) is 35.1 Å². The Morgan fingerprint density at radius 3 is 2.82 bits per heavy atom. The standard InChI is InChI=1S/C19H19FN6O2/c1-11(2)18-21-17(24-26(18)15-6-4-3-5-13(15)20)19(28)25-8-7-14-12(10-25)9-16(27)23-22-14/h3-6,9,11H,7-8,10H2,1-2H3,(H,23,27). The van der Waals surface area contributed by atoms with Crippen molar-refractivity contribution in [3.63, 3.8) is 0 Å². The van der Waals surface area contributed by atoms with Crippen molar-refractivity contribution in [2.45, 2.75) is 32.7 Å². The SMILES string of the molecule is CC(C)c1nc(C(=O)N2CCc3n[nH]c(=O)cc3C2)nn1-c1ccccc1F. The van der Waals surface area contributed by atoms with E-state index < -0.39 is 5.82 Å². The summed E-state index contributed by atoms with van der Waals surface area (Å²) in [7, 11) is 0. The van der Waals surface area contributed by atoms with Crippen LogP contribution in [-0.4, -0.2) is 42.3 Å². The number of carbonyl (C=O) groups excluding carboxylic acids is 1. The number of H-pyrrole nitrogens is 1. The maximum Gasteiger partial charge on any atom is 0.293 e. The number of benzene rings is 1. The number of fused-ring (bicyclic) bond motifs is 1. The molecule has 0 saturated heterocycles. The van der Waals surface area contributed by atoms with Gasteiger partial charge >= 0.3 is 0 Å². The monoisotopic (exact) mass is 382 g/mol. The number of para-hydroxylation sites is 1. The molecular weight excluding hydrogens is 363 g/mol. The molecular formula is C19H19FN6O2. The summed E-state index contributed by atoms with van der Waals surface area (Å²) < 4.78 is 15.6. The number of nitrogens with zero attached hydrogens (tertiary/aromatic N) is 5. The number of aromatic amines is 1. The maximum atomic E-state index is 14.3. The van der Waals surface area contributed by atoms with E-state index in [0.29, 0.717) is 24.4 Å². The van der Waals surface area contributed by atoms with E-state index in [1.165, 1.54) is 16.8 Å². The van der Waals surface area contributed by atoms with Crippen molar-refractivity contribution in [3.05, 3.63) is 69.4 Å². The van der Waals surface area contributed by atoms with Crippen LogP contribution in [0.25, 0.3) is 5.69 Å². The molecule has 1 N–H and O–H groups in total. The van der Waals surface area contributed by atoms with Crippen molar-refractivity contribution in [1.82, 2.24) is 29.9 Å². The highest BCUT2D eigenvalue weighted by atomic mass is 19.1. The van der Waals surface area contributed by atoms with Crippen LogP contribution in [0.3, 0.4) is 0 Å². The summed E-state index contributed by atoms with van der Waals surface area (Å²) in [5, 5.41) is 10.7. The van der Waals surface area contributed by atoms with Crippen LogP contribution in [0, 0.1) is 5.82 Å². The first-order valence-electron chi connectivity index (χ1n) is 9.02. The van der Waals surface area contributed by atoms with Gasteiger partial charge in [0.1, 0.15) is 17.3 Å². The number of rotatable bonds is 3. The van der Waals surface area contributed by atoms with E-state index >= 15 is 0 Å². The Hall–Kier alpha value is -3.36.